The summed E-state index contributed by atoms with van der Waals surface area (Å²) >= 11 is 0. The summed E-state index contributed by atoms with van der Waals surface area (Å²) in [5, 5.41) is 15.3. The van der Waals surface area contributed by atoms with Crippen molar-refractivity contribution in [1.82, 2.24) is 10.6 Å². The first-order valence-electron chi connectivity index (χ1n) is 14.6. The fraction of sp³-hybridized carbons (Fsp3) is 0.531. The van der Waals surface area contributed by atoms with Crippen LogP contribution in [-0.4, -0.2) is 41.3 Å². The Bertz CT molecular complexity index is 989. The van der Waals surface area contributed by atoms with Gasteiger partial charge in [0.25, 0.3) is 0 Å². The normalized spacial score (nSPS) is 16.6. The minimum atomic E-state index is -1.25. The van der Waals surface area contributed by atoms with E-state index >= 15 is 0 Å². The van der Waals surface area contributed by atoms with Crippen LogP contribution in [0.1, 0.15) is 88.2 Å². The third-order valence-corrected chi connectivity index (χ3v) is 7.36. The average Bonchev–Trinajstić information content (AvgIpc) is 2.99. The van der Waals surface area contributed by atoms with Crippen molar-refractivity contribution in [3.63, 3.8) is 0 Å². The van der Waals surface area contributed by atoms with Crippen molar-refractivity contribution in [1.29, 1.82) is 0 Å². The zero-order valence-corrected chi connectivity index (χ0v) is 23.4. The van der Waals surface area contributed by atoms with Gasteiger partial charge in [-0.3, -0.25) is 4.79 Å². The van der Waals surface area contributed by atoms with E-state index in [2.05, 4.69) is 10.6 Å². The van der Waals surface area contributed by atoms with Crippen molar-refractivity contribution in [3.8, 4) is 0 Å². The Morgan fingerprint density at radius 3 is 1.68 bits per heavy atom. The number of carbonyl (C=O) groups excluding carboxylic acids is 2. The van der Waals surface area contributed by atoms with Crippen molar-refractivity contribution in [2.45, 2.75) is 108 Å². The van der Waals surface area contributed by atoms with Gasteiger partial charge in [0.15, 0.2) is 0 Å². The van der Waals surface area contributed by atoms with Crippen LogP contribution in [-0.2, 0) is 32.3 Å². The lowest BCUT2D eigenvalue weighted by Gasteiger charge is -2.30. The van der Waals surface area contributed by atoms with E-state index in [-0.39, 0.29) is 26.1 Å². The maximum Gasteiger partial charge on any atom is 0.408 e. The molecular formula is C32H44N2O6. The van der Waals surface area contributed by atoms with Crippen LogP contribution in [0.25, 0.3) is 0 Å². The van der Waals surface area contributed by atoms with E-state index in [1.54, 1.807) is 24.3 Å². The molecule has 4 rings (SSSR count). The number of carboxylic acids is 1. The van der Waals surface area contributed by atoms with Gasteiger partial charge in [-0.25, -0.2) is 9.59 Å². The van der Waals surface area contributed by atoms with Crippen LogP contribution in [0.5, 0.6) is 0 Å². The van der Waals surface area contributed by atoms with Gasteiger partial charge >= 0.3 is 18.0 Å². The maximum absolute atomic E-state index is 11.8. The minimum absolute atomic E-state index is 0.0259. The summed E-state index contributed by atoms with van der Waals surface area (Å²) in [6, 6.07) is 18.7. The number of hydrogen-bond donors (Lipinski definition) is 3. The molecule has 2 aromatic rings. The SMILES string of the molecule is C1CCC(NC2CCCCC2)CC1.O=C(CC[C@H](NC(=O)OCc1ccccc1)C(=O)O)OCc1ccccc1. The Morgan fingerprint density at radius 2 is 1.20 bits per heavy atom. The molecule has 8 nitrogen and oxygen atoms in total. The molecule has 40 heavy (non-hydrogen) atoms. The Balaban J connectivity index is 0.000000281. The lowest BCUT2D eigenvalue weighted by molar-refractivity contribution is -0.145. The molecule has 0 saturated heterocycles. The number of rotatable bonds is 11. The number of hydrogen-bond acceptors (Lipinski definition) is 6. The van der Waals surface area contributed by atoms with Gasteiger partial charge in [0.05, 0.1) is 0 Å². The average molecular weight is 553 g/mol. The van der Waals surface area contributed by atoms with Crippen LogP contribution in [0.4, 0.5) is 4.79 Å². The van der Waals surface area contributed by atoms with Crippen LogP contribution in [0.3, 0.4) is 0 Å². The molecule has 1 amide bonds. The number of alkyl carbamates (subject to hydrolysis) is 1. The van der Waals surface area contributed by atoms with Gasteiger partial charge in [-0.1, -0.05) is 99.2 Å². The second-order valence-corrected chi connectivity index (χ2v) is 10.6. The highest BCUT2D eigenvalue weighted by Gasteiger charge is 2.22. The fourth-order valence-corrected chi connectivity index (χ4v) is 5.11. The van der Waals surface area contributed by atoms with Gasteiger partial charge in [0.2, 0.25) is 0 Å². The summed E-state index contributed by atoms with van der Waals surface area (Å²) in [6.07, 6.45) is 13.5. The second-order valence-electron chi connectivity index (χ2n) is 10.6. The molecule has 0 unspecified atom stereocenters. The van der Waals surface area contributed by atoms with Gasteiger partial charge in [-0.15, -0.1) is 0 Å². The van der Waals surface area contributed by atoms with Gasteiger partial charge in [-0.2, -0.15) is 0 Å². The van der Waals surface area contributed by atoms with E-state index in [0.717, 1.165) is 23.2 Å². The molecule has 0 bridgehead atoms. The molecule has 2 aromatic carbocycles. The summed E-state index contributed by atoms with van der Waals surface area (Å²) in [4.78, 5) is 34.8. The molecular weight excluding hydrogens is 508 g/mol. The molecule has 218 valence electrons. The molecule has 2 aliphatic carbocycles. The standard InChI is InChI=1S/C20H21NO6.C12H23N/c22-18(26-13-15-7-3-1-4-8-15)12-11-17(19(23)24)21-20(25)27-14-16-9-5-2-6-10-16;1-3-7-11(8-4-1)13-12-9-5-2-6-10-12/h1-10,17H,11-14H2,(H,21,25)(H,23,24);11-13H,1-10H2/t17-;/m0./s1. The summed E-state index contributed by atoms with van der Waals surface area (Å²) in [5.74, 6) is -1.79. The van der Waals surface area contributed by atoms with Crippen molar-refractivity contribution < 1.29 is 29.0 Å². The van der Waals surface area contributed by atoms with Gasteiger partial charge in [0.1, 0.15) is 19.3 Å². The lowest BCUT2D eigenvalue weighted by Crippen LogP contribution is -2.41. The van der Waals surface area contributed by atoms with Crippen molar-refractivity contribution >= 4 is 18.0 Å². The number of nitrogens with one attached hydrogen (secondary N) is 2. The molecule has 0 aromatic heterocycles. The molecule has 0 spiro atoms. The van der Waals surface area contributed by atoms with Crippen LogP contribution in [0, 0.1) is 0 Å². The van der Waals surface area contributed by atoms with Crippen molar-refractivity contribution in [2.75, 3.05) is 0 Å². The molecule has 0 heterocycles. The molecule has 2 saturated carbocycles. The third-order valence-electron chi connectivity index (χ3n) is 7.36. The first-order chi connectivity index (χ1) is 19.5. The van der Waals surface area contributed by atoms with Crippen LogP contribution >= 0.6 is 0 Å². The highest BCUT2D eigenvalue weighted by atomic mass is 16.5. The van der Waals surface area contributed by atoms with Crippen LogP contribution in [0.2, 0.25) is 0 Å². The number of carboxylic acid groups (broad SMARTS) is 1. The summed E-state index contributed by atoms with van der Waals surface area (Å²) in [6.45, 7) is 0.141. The minimum Gasteiger partial charge on any atom is -0.480 e. The lowest BCUT2D eigenvalue weighted by atomic mass is 9.91. The van der Waals surface area contributed by atoms with Crippen LogP contribution in [0.15, 0.2) is 60.7 Å². The van der Waals surface area contributed by atoms with E-state index in [1.807, 2.05) is 36.4 Å². The highest BCUT2D eigenvalue weighted by molar-refractivity contribution is 5.80. The topological polar surface area (TPSA) is 114 Å². The number of aliphatic carboxylic acids is 1. The summed E-state index contributed by atoms with van der Waals surface area (Å²) < 4.78 is 10.1. The quantitative estimate of drug-likeness (QED) is 0.287. The van der Waals surface area contributed by atoms with Crippen molar-refractivity contribution in [2.24, 2.45) is 0 Å². The van der Waals surface area contributed by atoms with E-state index in [9.17, 15) is 19.5 Å². The van der Waals surface area contributed by atoms with Crippen molar-refractivity contribution in [3.05, 3.63) is 71.8 Å². The smallest absolute Gasteiger partial charge is 0.408 e. The Morgan fingerprint density at radius 1 is 0.725 bits per heavy atom. The Kier molecular flexibility index (Phi) is 14.1. The first kappa shape index (κ1) is 31.1. The molecule has 2 fully saturated rings. The van der Waals surface area contributed by atoms with E-state index in [1.165, 1.54) is 64.2 Å². The molecule has 2 aliphatic rings. The van der Waals surface area contributed by atoms with Gasteiger partial charge in [0, 0.05) is 18.5 Å². The Labute approximate surface area is 237 Å². The predicted octanol–water partition coefficient (Wildman–Crippen LogP) is 6.13. The predicted molar refractivity (Wildman–Crippen MR) is 154 cm³/mol. The second kappa shape index (κ2) is 18.1. The van der Waals surface area contributed by atoms with Crippen LogP contribution < -0.4 is 10.6 Å². The monoisotopic (exact) mass is 552 g/mol. The summed E-state index contributed by atoms with van der Waals surface area (Å²) in [5.41, 5.74) is 1.62. The van der Waals surface area contributed by atoms with E-state index in [4.69, 9.17) is 9.47 Å². The molecule has 0 radical (unpaired) electrons. The molecule has 8 heteroatoms. The number of benzene rings is 2. The number of ether oxygens (including phenoxy) is 2. The number of amides is 1. The number of esters is 1. The largest absolute Gasteiger partial charge is 0.480 e. The first-order valence-corrected chi connectivity index (χ1v) is 14.6. The van der Waals surface area contributed by atoms with E-state index < -0.39 is 24.1 Å². The molecule has 3 N–H and O–H groups in total. The van der Waals surface area contributed by atoms with Gasteiger partial charge < -0.3 is 25.2 Å². The van der Waals surface area contributed by atoms with E-state index in [0.29, 0.717) is 0 Å². The highest BCUT2D eigenvalue weighted by Crippen LogP contribution is 2.22. The zero-order chi connectivity index (χ0) is 28.4. The summed E-state index contributed by atoms with van der Waals surface area (Å²) in [7, 11) is 0. The zero-order valence-electron chi connectivity index (χ0n) is 23.4. The fourth-order valence-electron chi connectivity index (χ4n) is 5.11. The van der Waals surface area contributed by atoms with Gasteiger partial charge in [-0.05, 0) is 43.2 Å². The Hall–Kier alpha value is -3.39. The third kappa shape index (κ3) is 12.6. The molecule has 1 atom stereocenters. The number of carbonyl (C=O) groups is 3. The molecule has 0 aliphatic heterocycles. The maximum atomic E-state index is 11.8.